The van der Waals surface area contributed by atoms with E-state index in [1.54, 1.807) is 40.8 Å². The number of hydrogen-bond acceptors (Lipinski definition) is 5. The van der Waals surface area contributed by atoms with Gasteiger partial charge >= 0.3 is 11.9 Å². The summed E-state index contributed by atoms with van der Waals surface area (Å²) in [6, 6.07) is 0. The Morgan fingerprint density at radius 3 is 2.42 bits per heavy atom. The fourth-order valence-corrected chi connectivity index (χ4v) is 1.18. The molecule has 1 rings (SSSR count). The molecule has 6 heteroatoms. The molecule has 0 saturated carbocycles. The molecule has 0 amide bonds. The molecule has 1 atom stereocenters. The van der Waals surface area contributed by atoms with E-state index in [-0.39, 0.29) is 5.82 Å². The van der Waals surface area contributed by atoms with Crippen molar-refractivity contribution in [1.29, 1.82) is 0 Å². The van der Waals surface area contributed by atoms with Crippen LogP contribution in [0.1, 0.15) is 50.4 Å². The molecule has 0 aliphatic heterocycles. The van der Waals surface area contributed by atoms with Gasteiger partial charge < -0.3 is 14.5 Å². The Bertz CT molecular complexity index is 459. The third-order valence-corrected chi connectivity index (χ3v) is 2.32. The molecule has 0 bridgehead atoms. The summed E-state index contributed by atoms with van der Waals surface area (Å²) >= 11 is 0. The highest BCUT2D eigenvalue weighted by atomic mass is 16.7. The molecule has 0 fully saturated rings. The van der Waals surface area contributed by atoms with Crippen LogP contribution in [0.25, 0.3) is 0 Å². The smallest absolute Gasteiger partial charge is 0.377 e. The Kier molecular flexibility index (Phi) is 4.69. The van der Waals surface area contributed by atoms with Crippen LogP contribution in [0, 0.1) is 12.3 Å². The van der Waals surface area contributed by atoms with E-state index in [9.17, 15) is 9.59 Å². The largest absolute Gasteiger partial charge is 0.425 e. The molecule has 106 valence electrons. The number of aryl methyl sites for hydroxylation is 1. The lowest BCUT2D eigenvalue weighted by atomic mass is 9.97. The topological polar surface area (TPSA) is 81.3 Å². The lowest BCUT2D eigenvalue weighted by Crippen LogP contribution is -2.31. The molecular formula is C13H20N2O4. The molecule has 1 aromatic heterocycles. The molecule has 0 radical (unpaired) electrons. The summed E-state index contributed by atoms with van der Waals surface area (Å²) in [6.07, 6.45) is 1.08. The summed E-state index contributed by atoms with van der Waals surface area (Å²) < 4.78 is 10.2. The lowest BCUT2D eigenvalue weighted by Gasteiger charge is -2.22. The number of imidazole rings is 1. The van der Waals surface area contributed by atoms with Crippen LogP contribution in [-0.2, 0) is 14.3 Å². The van der Waals surface area contributed by atoms with Crippen LogP contribution in [0.4, 0.5) is 0 Å². The number of esters is 2. The summed E-state index contributed by atoms with van der Waals surface area (Å²) in [5.41, 5.74) is 0.0489. The fraction of sp³-hybridized carbons (Fsp3) is 0.615. The Morgan fingerprint density at radius 1 is 1.37 bits per heavy atom. The van der Waals surface area contributed by atoms with Gasteiger partial charge in [-0.15, -0.1) is 0 Å². The average Bonchev–Trinajstić information content (AvgIpc) is 2.73. The van der Waals surface area contributed by atoms with E-state index in [4.69, 9.17) is 9.47 Å². The van der Waals surface area contributed by atoms with Gasteiger partial charge in [-0.25, -0.2) is 9.78 Å². The maximum Gasteiger partial charge on any atom is 0.377 e. The van der Waals surface area contributed by atoms with Crippen LogP contribution < -0.4 is 0 Å². The van der Waals surface area contributed by atoms with Crippen molar-refractivity contribution >= 4 is 11.9 Å². The number of carbonyl (C=O) groups is 2. The van der Waals surface area contributed by atoms with Crippen molar-refractivity contribution in [3.8, 4) is 0 Å². The summed E-state index contributed by atoms with van der Waals surface area (Å²) in [7, 11) is 0. The van der Waals surface area contributed by atoms with Gasteiger partial charge in [0.05, 0.1) is 11.1 Å². The van der Waals surface area contributed by atoms with Gasteiger partial charge in [-0.2, -0.15) is 0 Å². The van der Waals surface area contributed by atoms with E-state index in [0.717, 1.165) is 0 Å². The highest BCUT2D eigenvalue weighted by Crippen LogP contribution is 2.18. The van der Waals surface area contributed by atoms with Crippen LogP contribution in [0.5, 0.6) is 0 Å². The average molecular weight is 268 g/mol. The minimum absolute atomic E-state index is 0.0998. The van der Waals surface area contributed by atoms with E-state index < -0.39 is 23.6 Å². The van der Waals surface area contributed by atoms with Gasteiger partial charge in [-0.3, -0.25) is 4.79 Å². The molecule has 1 aromatic rings. The number of H-pyrrole nitrogens is 1. The van der Waals surface area contributed by atoms with Crippen LogP contribution in [0.15, 0.2) is 6.20 Å². The lowest BCUT2D eigenvalue weighted by molar-refractivity contribution is -0.178. The number of nitrogens with one attached hydrogen (secondary N) is 1. The van der Waals surface area contributed by atoms with Crippen molar-refractivity contribution < 1.29 is 19.1 Å². The van der Waals surface area contributed by atoms with E-state index in [1.165, 1.54) is 0 Å². The molecule has 0 aliphatic carbocycles. The third-order valence-electron chi connectivity index (χ3n) is 2.32. The van der Waals surface area contributed by atoms with Gasteiger partial charge in [0, 0.05) is 12.6 Å². The molecule has 6 nitrogen and oxygen atoms in total. The first-order valence-electron chi connectivity index (χ1n) is 6.18. The zero-order valence-corrected chi connectivity index (χ0v) is 11.9. The third kappa shape index (κ3) is 4.39. The van der Waals surface area contributed by atoms with Crippen molar-refractivity contribution in [2.45, 2.75) is 47.3 Å². The Hall–Kier alpha value is -1.85. The molecule has 0 aliphatic rings. The zero-order chi connectivity index (χ0) is 14.6. The van der Waals surface area contributed by atoms with E-state index in [0.29, 0.717) is 12.1 Å². The van der Waals surface area contributed by atoms with Crippen molar-refractivity contribution in [3.05, 3.63) is 17.7 Å². The molecule has 19 heavy (non-hydrogen) atoms. The first kappa shape index (κ1) is 15.2. The molecule has 1 N–H and O–H groups in total. The second kappa shape index (κ2) is 5.86. The van der Waals surface area contributed by atoms with Crippen LogP contribution in [0.3, 0.4) is 0 Å². The van der Waals surface area contributed by atoms with Gasteiger partial charge in [-0.1, -0.05) is 6.92 Å². The SMILES string of the molecule is CCC(OC(=O)c1nc(C)c[nH]1)OC(=O)C(C)(C)C. The van der Waals surface area contributed by atoms with Crippen molar-refractivity contribution in [2.75, 3.05) is 0 Å². The van der Waals surface area contributed by atoms with Crippen molar-refractivity contribution in [2.24, 2.45) is 5.41 Å². The number of ether oxygens (including phenoxy) is 2. The predicted octanol–water partition coefficient (Wildman–Crippen LogP) is 2.20. The van der Waals surface area contributed by atoms with Crippen molar-refractivity contribution in [1.82, 2.24) is 9.97 Å². The van der Waals surface area contributed by atoms with E-state index in [1.807, 2.05) is 0 Å². The first-order valence-corrected chi connectivity index (χ1v) is 6.18. The van der Waals surface area contributed by atoms with Crippen LogP contribution in [0.2, 0.25) is 0 Å². The molecule has 1 heterocycles. The van der Waals surface area contributed by atoms with Gasteiger partial charge in [0.25, 0.3) is 0 Å². The Morgan fingerprint density at radius 2 is 2.00 bits per heavy atom. The second-order valence-corrected chi connectivity index (χ2v) is 5.29. The van der Waals surface area contributed by atoms with Gasteiger partial charge in [0.2, 0.25) is 12.1 Å². The number of hydrogen-bond donors (Lipinski definition) is 1. The van der Waals surface area contributed by atoms with Gasteiger partial charge in [-0.05, 0) is 27.7 Å². The van der Waals surface area contributed by atoms with Crippen molar-refractivity contribution in [3.63, 3.8) is 0 Å². The normalized spacial score (nSPS) is 12.9. The highest BCUT2D eigenvalue weighted by molar-refractivity contribution is 5.85. The predicted molar refractivity (Wildman–Crippen MR) is 68.4 cm³/mol. The minimum atomic E-state index is -0.898. The number of nitrogens with zero attached hydrogens (tertiary/aromatic N) is 1. The maximum atomic E-state index is 11.8. The zero-order valence-electron chi connectivity index (χ0n) is 11.9. The fourth-order valence-electron chi connectivity index (χ4n) is 1.18. The molecule has 0 aromatic carbocycles. The monoisotopic (exact) mass is 268 g/mol. The summed E-state index contributed by atoms with van der Waals surface area (Å²) in [6.45, 7) is 8.73. The quantitative estimate of drug-likeness (QED) is 0.668. The van der Waals surface area contributed by atoms with E-state index >= 15 is 0 Å². The molecular weight excluding hydrogens is 248 g/mol. The first-order chi connectivity index (χ1) is 8.74. The summed E-state index contributed by atoms with van der Waals surface area (Å²) in [4.78, 5) is 30.1. The van der Waals surface area contributed by atoms with Crippen LogP contribution in [-0.4, -0.2) is 28.2 Å². The second-order valence-electron chi connectivity index (χ2n) is 5.29. The number of aromatic nitrogens is 2. The number of rotatable bonds is 4. The number of carbonyl (C=O) groups excluding carboxylic acids is 2. The number of aromatic amines is 1. The van der Waals surface area contributed by atoms with Gasteiger partial charge in [0.15, 0.2) is 0 Å². The van der Waals surface area contributed by atoms with Gasteiger partial charge in [0.1, 0.15) is 0 Å². The molecule has 1 unspecified atom stereocenters. The minimum Gasteiger partial charge on any atom is -0.425 e. The summed E-state index contributed by atoms with van der Waals surface area (Å²) in [5, 5.41) is 0. The molecule has 0 spiro atoms. The highest BCUT2D eigenvalue weighted by Gasteiger charge is 2.28. The molecule has 0 saturated heterocycles. The Balaban J connectivity index is 2.62. The Labute approximate surface area is 112 Å². The standard InChI is InChI=1S/C13H20N2O4/c1-6-9(19-12(17)13(3,4)5)18-11(16)10-14-7-8(2)15-10/h7,9H,6H2,1-5H3,(H,14,15). The summed E-state index contributed by atoms with van der Waals surface area (Å²) in [5.74, 6) is -0.952. The van der Waals surface area contributed by atoms with E-state index in [2.05, 4.69) is 9.97 Å². The maximum absolute atomic E-state index is 11.8. The van der Waals surface area contributed by atoms with Crippen LogP contribution >= 0.6 is 0 Å².